The number of aromatic nitrogens is 1. The Labute approximate surface area is 154 Å². The van der Waals surface area contributed by atoms with Crippen LogP contribution in [0.3, 0.4) is 0 Å². The van der Waals surface area contributed by atoms with Crippen molar-refractivity contribution in [3.05, 3.63) is 95.3 Å². The van der Waals surface area contributed by atoms with E-state index in [0.29, 0.717) is 16.9 Å². The van der Waals surface area contributed by atoms with Crippen LogP contribution in [0.5, 0.6) is 0 Å². The lowest BCUT2D eigenvalue weighted by Crippen LogP contribution is -2.23. The maximum Gasteiger partial charge on any atom is 0.255 e. The molecule has 3 rings (SSSR count). The number of pyridine rings is 1. The summed E-state index contributed by atoms with van der Waals surface area (Å²) in [6.07, 6.45) is 1.63. The zero-order chi connectivity index (χ0) is 19.2. The molecule has 1 heterocycles. The van der Waals surface area contributed by atoms with Crippen molar-refractivity contribution in [2.75, 3.05) is 5.32 Å². The maximum absolute atomic E-state index is 13.3. The van der Waals surface area contributed by atoms with Crippen LogP contribution >= 0.6 is 0 Å². The van der Waals surface area contributed by atoms with Crippen molar-refractivity contribution < 1.29 is 18.4 Å². The number of hydrogen-bond acceptors (Lipinski definition) is 3. The second-order valence-electron chi connectivity index (χ2n) is 5.67. The average molecular weight is 367 g/mol. The largest absolute Gasteiger partial charge is 0.346 e. The van der Waals surface area contributed by atoms with Crippen LogP contribution in [0, 0.1) is 11.6 Å². The molecule has 0 radical (unpaired) electrons. The van der Waals surface area contributed by atoms with E-state index < -0.39 is 17.5 Å². The Hall–Kier alpha value is -3.61. The molecule has 0 spiro atoms. The van der Waals surface area contributed by atoms with Gasteiger partial charge in [-0.2, -0.15) is 0 Å². The number of carbonyl (C=O) groups is 2. The smallest absolute Gasteiger partial charge is 0.255 e. The molecule has 1 aromatic heterocycles. The molecule has 0 unspecified atom stereocenters. The molecule has 0 saturated carbocycles. The van der Waals surface area contributed by atoms with Crippen molar-refractivity contribution in [3.8, 4) is 0 Å². The van der Waals surface area contributed by atoms with Crippen molar-refractivity contribution in [2.45, 2.75) is 6.54 Å². The lowest BCUT2D eigenvalue weighted by Gasteiger charge is -2.09. The highest BCUT2D eigenvalue weighted by atomic mass is 19.2. The summed E-state index contributed by atoms with van der Waals surface area (Å²) in [5.74, 6) is -3.08. The summed E-state index contributed by atoms with van der Waals surface area (Å²) in [5.41, 5.74) is 1.39. The number of nitrogens with one attached hydrogen (secondary N) is 2. The highest BCUT2D eigenvalue weighted by molar-refractivity contribution is 6.05. The number of halogens is 2. The van der Waals surface area contributed by atoms with Gasteiger partial charge in [0.05, 0.1) is 12.2 Å². The van der Waals surface area contributed by atoms with E-state index in [1.807, 2.05) is 6.07 Å². The fourth-order valence-corrected chi connectivity index (χ4v) is 2.35. The molecule has 0 fully saturated rings. The van der Waals surface area contributed by atoms with Crippen LogP contribution < -0.4 is 10.6 Å². The van der Waals surface area contributed by atoms with Gasteiger partial charge in [0, 0.05) is 23.0 Å². The van der Waals surface area contributed by atoms with Crippen molar-refractivity contribution in [2.24, 2.45) is 0 Å². The number of anilines is 1. The van der Waals surface area contributed by atoms with Gasteiger partial charge in [-0.25, -0.2) is 8.78 Å². The lowest BCUT2D eigenvalue weighted by molar-refractivity contribution is 0.0949. The Morgan fingerprint density at radius 2 is 1.67 bits per heavy atom. The van der Waals surface area contributed by atoms with Crippen molar-refractivity contribution in [3.63, 3.8) is 0 Å². The minimum absolute atomic E-state index is 0.0288. The van der Waals surface area contributed by atoms with E-state index in [1.54, 1.807) is 36.5 Å². The molecule has 0 aliphatic rings. The number of hydrogen-bond donors (Lipinski definition) is 2. The molecular weight excluding hydrogens is 352 g/mol. The molecule has 2 aromatic carbocycles. The molecule has 0 bridgehead atoms. The fourth-order valence-electron chi connectivity index (χ4n) is 2.35. The van der Waals surface area contributed by atoms with E-state index >= 15 is 0 Å². The summed E-state index contributed by atoms with van der Waals surface area (Å²) in [6.45, 7) is 0.269. The molecule has 2 N–H and O–H groups in total. The molecule has 0 aliphatic heterocycles. The van der Waals surface area contributed by atoms with Crippen LogP contribution in [-0.2, 0) is 6.54 Å². The van der Waals surface area contributed by atoms with Gasteiger partial charge in [0.2, 0.25) is 0 Å². The van der Waals surface area contributed by atoms with Crippen LogP contribution in [0.15, 0.2) is 66.9 Å². The van der Waals surface area contributed by atoms with Gasteiger partial charge in [0.1, 0.15) is 0 Å². The zero-order valence-electron chi connectivity index (χ0n) is 14.1. The Kier molecular flexibility index (Phi) is 5.51. The summed E-state index contributed by atoms with van der Waals surface area (Å²) in [6, 6.07) is 14.6. The van der Waals surface area contributed by atoms with Gasteiger partial charge in [-0.05, 0) is 48.5 Å². The predicted molar refractivity (Wildman–Crippen MR) is 96.2 cm³/mol. The first-order chi connectivity index (χ1) is 13.0. The molecule has 27 heavy (non-hydrogen) atoms. The third-order valence-corrected chi connectivity index (χ3v) is 3.72. The number of nitrogens with zero attached hydrogens (tertiary/aromatic N) is 1. The van der Waals surface area contributed by atoms with E-state index in [-0.39, 0.29) is 18.0 Å². The van der Waals surface area contributed by atoms with Crippen LogP contribution in [-0.4, -0.2) is 16.8 Å². The van der Waals surface area contributed by atoms with Crippen LogP contribution in [0.2, 0.25) is 0 Å². The Bertz CT molecular complexity index is 978. The Morgan fingerprint density at radius 1 is 0.852 bits per heavy atom. The van der Waals surface area contributed by atoms with Crippen LogP contribution in [0.25, 0.3) is 0 Å². The standard InChI is InChI=1S/C20H15F2N3O2/c21-17-8-7-14(11-18(17)22)20(27)25-15-6-3-4-13(10-15)19(26)24-12-16-5-1-2-9-23-16/h1-11H,12H2,(H,24,26)(H,25,27). The van der Waals surface area contributed by atoms with E-state index in [4.69, 9.17) is 0 Å². The molecular formula is C20H15F2N3O2. The highest BCUT2D eigenvalue weighted by Crippen LogP contribution is 2.14. The van der Waals surface area contributed by atoms with E-state index in [2.05, 4.69) is 15.6 Å². The van der Waals surface area contributed by atoms with Crippen molar-refractivity contribution in [1.82, 2.24) is 10.3 Å². The zero-order valence-corrected chi connectivity index (χ0v) is 14.1. The fraction of sp³-hybridized carbons (Fsp3) is 0.0500. The van der Waals surface area contributed by atoms with Crippen molar-refractivity contribution >= 4 is 17.5 Å². The molecule has 0 saturated heterocycles. The van der Waals surface area contributed by atoms with Gasteiger partial charge < -0.3 is 10.6 Å². The third-order valence-electron chi connectivity index (χ3n) is 3.72. The second kappa shape index (κ2) is 8.18. The summed E-state index contributed by atoms with van der Waals surface area (Å²) < 4.78 is 26.2. The first-order valence-corrected chi connectivity index (χ1v) is 8.07. The predicted octanol–water partition coefficient (Wildman–Crippen LogP) is 3.54. The summed E-state index contributed by atoms with van der Waals surface area (Å²) in [4.78, 5) is 28.5. The maximum atomic E-state index is 13.3. The number of benzene rings is 2. The summed E-state index contributed by atoms with van der Waals surface area (Å²) >= 11 is 0. The number of amides is 2. The van der Waals surface area contributed by atoms with E-state index in [1.165, 1.54) is 12.1 Å². The number of rotatable bonds is 5. The van der Waals surface area contributed by atoms with Gasteiger partial charge in [-0.1, -0.05) is 12.1 Å². The van der Waals surface area contributed by atoms with Gasteiger partial charge in [-0.15, -0.1) is 0 Å². The first kappa shape index (κ1) is 18.2. The van der Waals surface area contributed by atoms with Gasteiger partial charge in [0.25, 0.3) is 11.8 Å². The molecule has 3 aromatic rings. The molecule has 0 aliphatic carbocycles. The van der Waals surface area contributed by atoms with E-state index in [9.17, 15) is 18.4 Å². The average Bonchev–Trinajstić information content (AvgIpc) is 2.69. The summed E-state index contributed by atoms with van der Waals surface area (Å²) in [7, 11) is 0. The number of carbonyl (C=O) groups excluding carboxylic acids is 2. The van der Waals surface area contributed by atoms with Crippen molar-refractivity contribution in [1.29, 1.82) is 0 Å². The minimum atomic E-state index is -1.11. The quantitative estimate of drug-likeness (QED) is 0.725. The Balaban J connectivity index is 1.66. The lowest BCUT2D eigenvalue weighted by atomic mass is 10.1. The monoisotopic (exact) mass is 367 g/mol. The van der Waals surface area contributed by atoms with Gasteiger partial charge in [0.15, 0.2) is 11.6 Å². The summed E-state index contributed by atoms with van der Waals surface area (Å²) in [5, 5.41) is 5.29. The molecule has 0 atom stereocenters. The molecule has 7 heteroatoms. The highest BCUT2D eigenvalue weighted by Gasteiger charge is 2.12. The van der Waals surface area contributed by atoms with Crippen LogP contribution in [0.1, 0.15) is 26.4 Å². The third kappa shape index (κ3) is 4.72. The first-order valence-electron chi connectivity index (χ1n) is 8.07. The SMILES string of the molecule is O=C(NCc1ccccn1)c1cccc(NC(=O)c2ccc(F)c(F)c2)c1. The Morgan fingerprint density at radius 3 is 2.41 bits per heavy atom. The molecule has 136 valence electrons. The minimum Gasteiger partial charge on any atom is -0.346 e. The molecule has 5 nitrogen and oxygen atoms in total. The second-order valence-corrected chi connectivity index (χ2v) is 5.67. The van der Waals surface area contributed by atoms with E-state index in [0.717, 1.165) is 12.1 Å². The van der Waals surface area contributed by atoms with Crippen LogP contribution in [0.4, 0.5) is 14.5 Å². The molecule has 2 amide bonds. The van der Waals surface area contributed by atoms with Gasteiger partial charge in [-0.3, -0.25) is 14.6 Å². The normalized spacial score (nSPS) is 10.3. The van der Waals surface area contributed by atoms with Gasteiger partial charge >= 0.3 is 0 Å². The topological polar surface area (TPSA) is 71.1 Å².